The second kappa shape index (κ2) is 10.3. The van der Waals surface area contributed by atoms with Crippen molar-refractivity contribution in [3.63, 3.8) is 0 Å². The summed E-state index contributed by atoms with van der Waals surface area (Å²) in [7, 11) is -1.85. The predicted octanol–water partition coefficient (Wildman–Crippen LogP) is 3.19. The molecule has 10 nitrogen and oxygen atoms in total. The van der Waals surface area contributed by atoms with E-state index in [2.05, 4.69) is 15.4 Å². The molecule has 1 aliphatic rings. The Labute approximate surface area is 209 Å². The minimum Gasteiger partial charge on any atom is -0.496 e. The number of thiophene rings is 1. The smallest absolute Gasteiger partial charge is 0.328 e. The summed E-state index contributed by atoms with van der Waals surface area (Å²) >= 11 is 1.27. The quantitative estimate of drug-likeness (QED) is 0.488. The minimum atomic E-state index is -3.33. The summed E-state index contributed by atoms with van der Waals surface area (Å²) in [6.45, 7) is 7.79. The van der Waals surface area contributed by atoms with Crippen LogP contribution >= 0.6 is 11.3 Å². The van der Waals surface area contributed by atoms with Crippen molar-refractivity contribution < 1.29 is 27.5 Å². The monoisotopic (exact) mass is 522 g/mol. The van der Waals surface area contributed by atoms with Gasteiger partial charge in [0, 0.05) is 30.8 Å². The molecule has 1 aliphatic heterocycles. The largest absolute Gasteiger partial charge is 0.496 e. The lowest BCUT2D eigenvalue weighted by Gasteiger charge is -2.30. The fraction of sp³-hybridized carbons (Fsp3) is 0.435. The Balaban J connectivity index is 1.93. The van der Waals surface area contributed by atoms with Crippen LogP contribution in [0.4, 0.5) is 15.5 Å². The Bertz CT molecular complexity index is 1250. The van der Waals surface area contributed by atoms with Gasteiger partial charge in [-0.15, -0.1) is 11.3 Å². The Morgan fingerprint density at radius 3 is 2.54 bits per heavy atom. The van der Waals surface area contributed by atoms with E-state index >= 15 is 0 Å². The molecule has 0 spiro atoms. The van der Waals surface area contributed by atoms with E-state index < -0.39 is 27.4 Å². The highest BCUT2D eigenvalue weighted by Crippen LogP contribution is 2.38. The molecule has 2 heterocycles. The number of rotatable bonds is 8. The fourth-order valence-corrected chi connectivity index (χ4v) is 4.93. The molecule has 0 aliphatic carbocycles. The van der Waals surface area contributed by atoms with E-state index in [1.165, 1.54) is 23.3 Å². The summed E-state index contributed by atoms with van der Waals surface area (Å²) < 4.78 is 31.5. The van der Waals surface area contributed by atoms with Gasteiger partial charge in [0.1, 0.15) is 5.75 Å². The fourth-order valence-electron chi connectivity index (χ4n) is 3.53. The third-order valence-electron chi connectivity index (χ3n) is 5.46. The van der Waals surface area contributed by atoms with Gasteiger partial charge in [-0.05, 0) is 41.5 Å². The lowest BCUT2D eigenvalue weighted by atomic mass is 9.84. The van der Waals surface area contributed by atoms with Gasteiger partial charge in [-0.25, -0.2) is 17.9 Å². The summed E-state index contributed by atoms with van der Waals surface area (Å²) in [6.07, 6.45) is 0.157. The van der Waals surface area contributed by atoms with Crippen molar-refractivity contribution in [1.82, 2.24) is 10.0 Å². The van der Waals surface area contributed by atoms with E-state index in [1.54, 1.807) is 30.5 Å². The zero-order valence-electron chi connectivity index (χ0n) is 20.4. The normalized spacial score (nSPS) is 14.6. The van der Waals surface area contributed by atoms with Gasteiger partial charge in [-0.1, -0.05) is 20.8 Å². The summed E-state index contributed by atoms with van der Waals surface area (Å²) in [4.78, 5) is 38.8. The Kier molecular flexibility index (Phi) is 7.87. The van der Waals surface area contributed by atoms with Gasteiger partial charge in [-0.2, -0.15) is 0 Å². The van der Waals surface area contributed by atoms with E-state index in [4.69, 9.17) is 4.74 Å². The van der Waals surface area contributed by atoms with Crippen molar-refractivity contribution in [2.24, 2.45) is 0 Å². The van der Waals surface area contributed by atoms with Crippen LogP contribution in [0.5, 0.6) is 5.75 Å². The minimum absolute atomic E-state index is 0.0177. The van der Waals surface area contributed by atoms with Gasteiger partial charge in [0.05, 0.1) is 23.4 Å². The van der Waals surface area contributed by atoms with Crippen LogP contribution in [0.3, 0.4) is 0 Å². The molecule has 2 aromatic rings. The van der Waals surface area contributed by atoms with Crippen LogP contribution in [0.15, 0.2) is 23.6 Å². The zero-order chi connectivity index (χ0) is 26.0. The molecule has 0 unspecified atom stereocenters. The molecule has 1 aromatic carbocycles. The van der Waals surface area contributed by atoms with Crippen molar-refractivity contribution in [1.29, 1.82) is 0 Å². The number of hydrogen-bond donors (Lipinski definition) is 3. The molecular formula is C23H30N4O6S2. The first-order valence-corrected chi connectivity index (χ1v) is 13.6. The van der Waals surface area contributed by atoms with Crippen LogP contribution in [0.2, 0.25) is 0 Å². The molecule has 0 radical (unpaired) electrons. The number of methoxy groups -OCH3 is 1. The molecule has 35 heavy (non-hydrogen) atoms. The van der Waals surface area contributed by atoms with E-state index in [9.17, 15) is 22.8 Å². The second-order valence-corrected chi connectivity index (χ2v) is 12.1. The van der Waals surface area contributed by atoms with Gasteiger partial charge in [0.15, 0.2) is 0 Å². The van der Waals surface area contributed by atoms with Crippen LogP contribution in [0.25, 0.3) is 0 Å². The van der Waals surface area contributed by atoms with Gasteiger partial charge in [0.25, 0.3) is 5.91 Å². The second-order valence-electron chi connectivity index (χ2n) is 9.08. The SMILES string of the molecule is CCS(=O)(=O)NCc1csc(NC(=O)c2cc(N3CCC(=O)NC3=O)cc(C(C)(C)C)c2OC)c1. The number of carbonyl (C=O) groups excluding carboxylic acids is 3. The number of nitrogens with one attached hydrogen (secondary N) is 3. The average Bonchev–Trinajstić information content (AvgIpc) is 3.23. The number of sulfonamides is 1. The standard InChI is InChI=1S/C23H30N4O6S2/c1-6-35(31,32)24-12-14-9-19(34-13-14)26-21(29)16-10-15(27-8-7-18(28)25-22(27)30)11-17(20(16)33-5)23(2,3)4/h9-11,13,24H,6-8,12H2,1-5H3,(H,26,29)(H,25,28,30). The first kappa shape index (κ1) is 26.6. The molecule has 1 saturated heterocycles. The summed E-state index contributed by atoms with van der Waals surface area (Å²) in [6, 6.07) is 4.53. The van der Waals surface area contributed by atoms with Crippen LogP contribution in [0.1, 0.15) is 55.6 Å². The zero-order valence-corrected chi connectivity index (χ0v) is 22.0. The summed E-state index contributed by atoms with van der Waals surface area (Å²) in [5.41, 5.74) is 1.75. The van der Waals surface area contributed by atoms with E-state index in [-0.39, 0.29) is 36.7 Å². The number of nitrogens with zero attached hydrogens (tertiary/aromatic N) is 1. The van der Waals surface area contributed by atoms with Gasteiger partial charge < -0.3 is 10.1 Å². The molecule has 0 bridgehead atoms. The number of amides is 4. The predicted molar refractivity (Wildman–Crippen MR) is 136 cm³/mol. The number of anilines is 2. The van der Waals surface area contributed by atoms with Crippen molar-refractivity contribution in [3.8, 4) is 5.75 Å². The van der Waals surface area contributed by atoms with Crippen molar-refractivity contribution in [2.45, 2.75) is 46.1 Å². The molecule has 4 amide bonds. The van der Waals surface area contributed by atoms with E-state index in [0.29, 0.717) is 22.0 Å². The molecule has 0 saturated carbocycles. The van der Waals surface area contributed by atoms with Crippen molar-refractivity contribution in [2.75, 3.05) is 29.6 Å². The van der Waals surface area contributed by atoms with Crippen LogP contribution in [0, 0.1) is 0 Å². The average molecular weight is 523 g/mol. The number of ether oxygens (including phenoxy) is 1. The Morgan fingerprint density at radius 1 is 1.23 bits per heavy atom. The highest BCUT2D eigenvalue weighted by molar-refractivity contribution is 7.89. The van der Waals surface area contributed by atoms with Gasteiger partial charge >= 0.3 is 6.03 Å². The maximum atomic E-state index is 13.3. The third-order valence-corrected chi connectivity index (χ3v) is 7.70. The number of urea groups is 1. The Morgan fingerprint density at radius 2 is 1.94 bits per heavy atom. The lowest BCUT2D eigenvalue weighted by Crippen LogP contribution is -2.49. The highest BCUT2D eigenvalue weighted by atomic mass is 32.2. The molecule has 1 aromatic heterocycles. The van der Waals surface area contributed by atoms with Crippen LogP contribution in [-0.4, -0.2) is 45.7 Å². The molecule has 12 heteroatoms. The number of carbonyl (C=O) groups is 3. The maximum absolute atomic E-state index is 13.3. The molecule has 3 rings (SSSR count). The van der Waals surface area contributed by atoms with E-state index in [0.717, 1.165) is 5.56 Å². The van der Waals surface area contributed by atoms with Crippen molar-refractivity contribution >= 4 is 49.9 Å². The van der Waals surface area contributed by atoms with Gasteiger partial charge in [0.2, 0.25) is 15.9 Å². The van der Waals surface area contributed by atoms with Gasteiger partial charge in [-0.3, -0.25) is 19.8 Å². The molecule has 190 valence electrons. The first-order chi connectivity index (χ1) is 16.3. The molecule has 1 fully saturated rings. The molecular weight excluding hydrogens is 492 g/mol. The number of hydrogen-bond acceptors (Lipinski definition) is 7. The Hall–Kier alpha value is -2.96. The third kappa shape index (κ3) is 6.38. The first-order valence-electron chi connectivity index (χ1n) is 11.0. The van der Waals surface area contributed by atoms with Crippen LogP contribution in [-0.2, 0) is 26.8 Å². The van der Waals surface area contributed by atoms with E-state index in [1.807, 2.05) is 20.8 Å². The summed E-state index contributed by atoms with van der Waals surface area (Å²) in [5.74, 6) is -0.413. The number of benzene rings is 1. The number of imide groups is 1. The van der Waals surface area contributed by atoms with Crippen LogP contribution < -0.4 is 25.0 Å². The topological polar surface area (TPSA) is 134 Å². The lowest BCUT2D eigenvalue weighted by molar-refractivity contribution is -0.120. The molecule has 3 N–H and O–H groups in total. The van der Waals surface area contributed by atoms with Crippen molar-refractivity contribution in [3.05, 3.63) is 40.3 Å². The molecule has 0 atom stereocenters. The maximum Gasteiger partial charge on any atom is 0.328 e. The summed E-state index contributed by atoms with van der Waals surface area (Å²) in [5, 5.41) is 7.44. The highest BCUT2D eigenvalue weighted by Gasteiger charge is 2.30.